The number of thioether (sulfide) groups is 1. The molecule has 1 N–H and O–H groups in total. The fraction of sp³-hybridized carbons (Fsp3) is 0.529. The average molecular weight is 335 g/mol. The molecule has 6 heteroatoms. The van der Waals surface area contributed by atoms with Gasteiger partial charge in [0, 0.05) is 6.54 Å². The van der Waals surface area contributed by atoms with Crippen molar-refractivity contribution in [3.05, 3.63) is 35.9 Å². The number of likely N-dealkylation sites (N-methyl/N-ethyl adjacent to an activating group) is 1. The van der Waals surface area contributed by atoms with Crippen LogP contribution in [0, 0.1) is 0 Å². The Hall–Kier alpha value is -1.53. The summed E-state index contributed by atoms with van der Waals surface area (Å²) in [6.45, 7) is 6.81. The maximum atomic E-state index is 12.1. The smallest absolute Gasteiger partial charge is 0.239 e. The number of hydrogen-bond donors (Lipinski definition) is 1. The number of carbonyl (C=O) groups is 2. The van der Waals surface area contributed by atoms with Crippen molar-refractivity contribution in [1.29, 1.82) is 0 Å². The first-order valence-corrected chi connectivity index (χ1v) is 9.22. The SMILES string of the molecule is CCN(CC)[C@@H](CNC(=O)CN1CSCC1=O)c1ccccc1. The number of carbonyl (C=O) groups excluding carboxylic acids is 2. The third-order valence-electron chi connectivity index (χ3n) is 4.09. The summed E-state index contributed by atoms with van der Waals surface area (Å²) in [6.07, 6.45) is 0. The second-order valence-electron chi connectivity index (χ2n) is 5.52. The van der Waals surface area contributed by atoms with E-state index in [0.29, 0.717) is 18.2 Å². The van der Waals surface area contributed by atoms with E-state index in [9.17, 15) is 9.59 Å². The summed E-state index contributed by atoms with van der Waals surface area (Å²) in [7, 11) is 0. The van der Waals surface area contributed by atoms with Crippen LogP contribution in [0.1, 0.15) is 25.5 Å². The van der Waals surface area contributed by atoms with Crippen LogP contribution in [0.3, 0.4) is 0 Å². The highest BCUT2D eigenvalue weighted by Gasteiger charge is 2.24. The lowest BCUT2D eigenvalue weighted by molar-refractivity contribution is -0.132. The highest BCUT2D eigenvalue weighted by atomic mass is 32.2. The maximum absolute atomic E-state index is 12.1. The van der Waals surface area contributed by atoms with Gasteiger partial charge in [0.15, 0.2) is 0 Å². The number of nitrogens with one attached hydrogen (secondary N) is 1. The summed E-state index contributed by atoms with van der Waals surface area (Å²) < 4.78 is 0. The van der Waals surface area contributed by atoms with E-state index in [1.165, 1.54) is 5.56 Å². The van der Waals surface area contributed by atoms with Crippen LogP contribution in [0.5, 0.6) is 0 Å². The number of hydrogen-bond acceptors (Lipinski definition) is 4. The molecule has 0 aromatic heterocycles. The summed E-state index contributed by atoms with van der Waals surface area (Å²) >= 11 is 1.55. The van der Waals surface area contributed by atoms with Gasteiger partial charge in [-0.15, -0.1) is 11.8 Å². The molecule has 0 bridgehead atoms. The molecule has 1 aliphatic heterocycles. The van der Waals surface area contributed by atoms with Gasteiger partial charge in [0.05, 0.1) is 17.7 Å². The van der Waals surface area contributed by atoms with Crippen LogP contribution in [0.25, 0.3) is 0 Å². The molecule has 0 radical (unpaired) electrons. The Labute approximate surface area is 142 Å². The predicted octanol–water partition coefficient (Wildman–Crippen LogP) is 1.72. The summed E-state index contributed by atoms with van der Waals surface area (Å²) in [6, 6.07) is 10.4. The van der Waals surface area contributed by atoms with Crippen molar-refractivity contribution in [2.24, 2.45) is 0 Å². The van der Waals surface area contributed by atoms with E-state index >= 15 is 0 Å². The van der Waals surface area contributed by atoms with Gasteiger partial charge >= 0.3 is 0 Å². The fourth-order valence-electron chi connectivity index (χ4n) is 2.78. The summed E-state index contributed by atoms with van der Waals surface area (Å²) in [5.74, 6) is 1.06. The van der Waals surface area contributed by atoms with Gasteiger partial charge in [-0.05, 0) is 18.7 Å². The highest BCUT2D eigenvalue weighted by Crippen LogP contribution is 2.19. The molecular formula is C17H25N3O2S. The lowest BCUT2D eigenvalue weighted by Gasteiger charge is -2.30. The molecule has 0 unspecified atom stereocenters. The van der Waals surface area contributed by atoms with Crippen LogP contribution < -0.4 is 5.32 Å². The van der Waals surface area contributed by atoms with Crippen molar-refractivity contribution in [2.45, 2.75) is 19.9 Å². The quantitative estimate of drug-likeness (QED) is 0.786. The first-order chi connectivity index (χ1) is 11.2. The number of nitrogens with zero attached hydrogens (tertiary/aromatic N) is 2. The summed E-state index contributed by atoms with van der Waals surface area (Å²) in [5.41, 5.74) is 1.20. The zero-order chi connectivity index (χ0) is 16.7. The molecule has 0 aliphatic carbocycles. The van der Waals surface area contributed by atoms with E-state index in [0.717, 1.165) is 13.1 Å². The first kappa shape index (κ1) is 17.8. The Kier molecular flexibility index (Phi) is 6.92. The van der Waals surface area contributed by atoms with Crippen LogP contribution in [0.4, 0.5) is 0 Å². The molecule has 1 heterocycles. The van der Waals surface area contributed by atoms with Crippen molar-refractivity contribution in [1.82, 2.24) is 15.1 Å². The second kappa shape index (κ2) is 8.93. The molecule has 5 nitrogen and oxygen atoms in total. The fourth-order valence-corrected chi connectivity index (χ4v) is 3.68. The molecule has 23 heavy (non-hydrogen) atoms. The van der Waals surface area contributed by atoms with Crippen molar-refractivity contribution in [3.63, 3.8) is 0 Å². The maximum Gasteiger partial charge on any atom is 0.239 e. The molecule has 1 atom stereocenters. The topological polar surface area (TPSA) is 52.7 Å². The largest absolute Gasteiger partial charge is 0.353 e. The highest BCUT2D eigenvalue weighted by molar-refractivity contribution is 8.00. The van der Waals surface area contributed by atoms with Gasteiger partial charge in [0.25, 0.3) is 0 Å². The van der Waals surface area contributed by atoms with Crippen molar-refractivity contribution < 1.29 is 9.59 Å². The average Bonchev–Trinajstić information content (AvgIpc) is 2.97. The van der Waals surface area contributed by atoms with Gasteiger partial charge < -0.3 is 10.2 Å². The van der Waals surface area contributed by atoms with Crippen LogP contribution >= 0.6 is 11.8 Å². The molecule has 1 aromatic carbocycles. The van der Waals surface area contributed by atoms with Crippen LogP contribution in [-0.4, -0.2) is 59.4 Å². The van der Waals surface area contributed by atoms with Gasteiger partial charge in [-0.2, -0.15) is 0 Å². The van der Waals surface area contributed by atoms with Crippen LogP contribution in [0.2, 0.25) is 0 Å². The summed E-state index contributed by atoms with van der Waals surface area (Å²) in [4.78, 5) is 27.7. The third-order valence-corrected chi connectivity index (χ3v) is 5.04. The molecule has 2 amide bonds. The normalized spacial score (nSPS) is 16.0. The molecule has 1 saturated heterocycles. The van der Waals surface area contributed by atoms with E-state index in [1.807, 2.05) is 18.2 Å². The van der Waals surface area contributed by atoms with Gasteiger partial charge in [-0.25, -0.2) is 0 Å². The molecule has 1 fully saturated rings. The Morgan fingerprint density at radius 3 is 2.57 bits per heavy atom. The van der Waals surface area contributed by atoms with Gasteiger partial charge in [0.2, 0.25) is 11.8 Å². The van der Waals surface area contributed by atoms with E-state index in [2.05, 4.69) is 36.2 Å². The van der Waals surface area contributed by atoms with Crippen molar-refractivity contribution in [2.75, 3.05) is 37.8 Å². The molecular weight excluding hydrogens is 310 g/mol. The minimum Gasteiger partial charge on any atom is -0.353 e. The lowest BCUT2D eigenvalue weighted by Crippen LogP contribution is -2.42. The predicted molar refractivity (Wildman–Crippen MR) is 94.2 cm³/mol. The first-order valence-electron chi connectivity index (χ1n) is 8.06. The Morgan fingerprint density at radius 2 is 2.00 bits per heavy atom. The second-order valence-corrected chi connectivity index (χ2v) is 6.48. The van der Waals surface area contributed by atoms with Crippen LogP contribution in [0.15, 0.2) is 30.3 Å². The van der Waals surface area contributed by atoms with Crippen molar-refractivity contribution in [3.8, 4) is 0 Å². The van der Waals surface area contributed by atoms with E-state index in [-0.39, 0.29) is 24.4 Å². The van der Waals surface area contributed by atoms with Gasteiger partial charge in [-0.3, -0.25) is 14.5 Å². The number of rotatable bonds is 8. The number of amides is 2. The minimum absolute atomic E-state index is 0.0495. The standard InChI is InChI=1S/C17H25N3O2S/c1-3-19(4-2)15(14-8-6-5-7-9-14)10-18-16(21)11-20-13-23-12-17(20)22/h5-9,15H,3-4,10-13H2,1-2H3,(H,18,21)/t15-/m0/s1. The lowest BCUT2D eigenvalue weighted by atomic mass is 10.1. The Morgan fingerprint density at radius 1 is 1.30 bits per heavy atom. The summed E-state index contributed by atoms with van der Waals surface area (Å²) in [5, 5.41) is 2.99. The molecule has 126 valence electrons. The van der Waals surface area contributed by atoms with E-state index in [1.54, 1.807) is 16.7 Å². The van der Waals surface area contributed by atoms with Gasteiger partial charge in [-0.1, -0.05) is 44.2 Å². The monoisotopic (exact) mass is 335 g/mol. The number of benzene rings is 1. The van der Waals surface area contributed by atoms with E-state index < -0.39 is 0 Å². The Balaban J connectivity index is 1.95. The molecule has 1 aromatic rings. The van der Waals surface area contributed by atoms with Crippen LogP contribution in [-0.2, 0) is 9.59 Å². The Bertz CT molecular complexity index is 520. The zero-order valence-corrected chi connectivity index (χ0v) is 14.6. The zero-order valence-electron chi connectivity index (χ0n) is 13.8. The van der Waals surface area contributed by atoms with Crippen molar-refractivity contribution >= 4 is 23.6 Å². The third kappa shape index (κ3) is 4.97. The van der Waals surface area contributed by atoms with E-state index in [4.69, 9.17) is 0 Å². The molecule has 0 spiro atoms. The van der Waals surface area contributed by atoms with Gasteiger partial charge in [0.1, 0.15) is 6.54 Å². The minimum atomic E-state index is -0.0889. The molecule has 0 saturated carbocycles. The molecule has 1 aliphatic rings. The molecule has 2 rings (SSSR count).